The van der Waals surface area contributed by atoms with Crippen molar-refractivity contribution < 1.29 is 37.8 Å². The van der Waals surface area contributed by atoms with Gasteiger partial charge in [0.1, 0.15) is 23.1 Å². The number of carbonyl (C=O) groups is 2. The molecular weight excluding hydrogens is 356 g/mol. The van der Waals surface area contributed by atoms with Gasteiger partial charge in [-0.25, -0.2) is 13.6 Å². The van der Waals surface area contributed by atoms with Gasteiger partial charge < -0.3 is 15.2 Å². The quantitative estimate of drug-likeness (QED) is 0.817. The zero-order chi connectivity index (χ0) is 25.5. The second kappa shape index (κ2) is 7.57. The van der Waals surface area contributed by atoms with Crippen LogP contribution in [0.5, 0.6) is 5.75 Å². The molecule has 0 atom stereocenters. The normalized spacial score (nSPS) is 17.8. The van der Waals surface area contributed by atoms with E-state index >= 15 is 0 Å². The van der Waals surface area contributed by atoms with Gasteiger partial charge in [-0.05, 0) is 43.0 Å². The molecule has 1 aliphatic carbocycles. The van der Waals surface area contributed by atoms with E-state index in [2.05, 4.69) is 0 Å². The second-order valence-electron chi connectivity index (χ2n) is 5.69. The van der Waals surface area contributed by atoms with E-state index in [1.807, 2.05) is 5.32 Å². The van der Waals surface area contributed by atoms with E-state index in [4.69, 9.17) is 19.4 Å². The predicted octanol–water partition coefficient (Wildman–Crippen LogP) is 4.14. The first-order valence-corrected chi connectivity index (χ1v) is 7.78. The summed E-state index contributed by atoms with van der Waals surface area (Å²) in [7, 11) is -3.13. The van der Waals surface area contributed by atoms with Crippen molar-refractivity contribution in [1.82, 2.24) is 0 Å². The van der Waals surface area contributed by atoms with Gasteiger partial charge in [-0.15, -0.1) is 0 Å². The van der Waals surface area contributed by atoms with Gasteiger partial charge in [0.15, 0.2) is 0 Å². The summed E-state index contributed by atoms with van der Waals surface area (Å²) in [6.45, 7) is 0. The Hall–Kier alpha value is -3.22. The maximum absolute atomic E-state index is 14.9. The number of nitrogens with one attached hydrogen (secondary N) is 1. The number of anilines is 1. The fraction of sp³-hybridized carbons (Fsp3) is 0.200. The van der Waals surface area contributed by atoms with E-state index in [0.717, 1.165) is 0 Å². The van der Waals surface area contributed by atoms with Crippen LogP contribution >= 0.6 is 0 Å². The number of hydrogen-bond acceptors (Lipinski definition) is 3. The van der Waals surface area contributed by atoms with E-state index in [-0.39, 0.29) is 24.0 Å². The molecule has 2 N–H and O–H groups in total. The molecule has 27 heavy (non-hydrogen) atoms. The molecule has 2 aromatic rings. The average Bonchev–Trinajstić information content (AvgIpc) is 3.22. The van der Waals surface area contributed by atoms with Crippen molar-refractivity contribution in [2.45, 2.75) is 19.3 Å². The summed E-state index contributed by atoms with van der Waals surface area (Å²) in [5.41, 5.74) is -2.23. The van der Waals surface area contributed by atoms with Crippen LogP contribution in [0.3, 0.4) is 0 Å². The lowest BCUT2D eigenvalue weighted by atomic mass is 10.0. The van der Waals surface area contributed by atoms with Gasteiger partial charge in [0.25, 0.3) is 5.91 Å². The Morgan fingerprint density at radius 2 is 1.85 bits per heavy atom. The highest BCUT2D eigenvalue weighted by atomic mass is 19.1. The molecule has 0 fully saturated rings. The van der Waals surface area contributed by atoms with Crippen molar-refractivity contribution in [3.8, 4) is 16.9 Å². The molecule has 0 aromatic heterocycles. The van der Waals surface area contributed by atoms with Crippen molar-refractivity contribution in [2.24, 2.45) is 0 Å². The Bertz CT molecular complexity index is 1220. The van der Waals surface area contributed by atoms with Crippen LogP contribution in [0, 0.1) is 11.6 Å². The molecule has 0 unspecified atom stereocenters. The molecule has 0 bridgehead atoms. The molecule has 3 rings (SSSR count). The van der Waals surface area contributed by atoms with Crippen molar-refractivity contribution in [1.29, 1.82) is 0 Å². The number of para-hydroxylation sites is 1. The Labute approximate surface area is 164 Å². The highest BCUT2D eigenvalue weighted by Crippen LogP contribution is 2.34. The SMILES string of the molecule is [2H]c1c([2H])c([2H])c(-c2cc(F)c(NC(=O)C3=C(C(=O)O)CCC3)c(F)c2)c(OC([2H])([2H])[2H])c1[2H]. The predicted molar refractivity (Wildman–Crippen MR) is 95.5 cm³/mol. The molecule has 1 amide bonds. The standard InChI is InChI=1S/C20H17F2NO4/c1-27-17-8-3-2-5-12(17)11-9-15(21)18(16(22)10-11)23-19(24)13-6-4-7-14(13)20(25)26/h2-3,5,8-10H,4,6-7H2,1H3,(H,23,24)(H,25,26)/i1D3,2D,3D,5D,8D. The first-order valence-electron chi connectivity index (χ1n) is 11.3. The number of carboxylic acids is 1. The summed E-state index contributed by atoms with van der Waals surface area (Å²) < 4.78 is 87.7. The minimum atomic E-state index is -3.13. The van der Waals surface area contributed by atoms with Crippen molar-refractivity contribution in [3.63, 3.8) is 0 Å². The van der Waals surface area contributed by atoms with E-state index in [0.29, 0.717) is 18.6 Å². The summed E-state index contributed by atoms with van der Waals surface area (Å²) in [4.78, 5) is 23.7. The number of methoxy groups -OCH3 is 1. The third-order valence-corrected chi connectivity index (χ3v) is 4.07. The number of hydrogen-bond donors (Lipinski definition) is 2. The monoisotopic (exact) mass is 380 g/mol. The summed E-state index contributed by atoms with van der Waals surface area (Å²) in [5, 5.41) is 11.2. The zero-order valence-electron chi connectivity index (χ0n) is 20.7. The fourth-order valence-corrected chi connectivity index (χ4v) is 2.84. The third kappa shape index (κ3) is 3.67. The van der Waals surface area contributed by atoms with Gasteiger partial charge >= 0.3 is 5.97 Å². The second-order valence-corrected chi connectivity index (χ2v) is 5.69. The van der Waals surface area contributed by atoms with Gasteiger partial charge in [-0.2, -0.15) is 0 Å². The molecule has 7 heteroatoms. The zero-order valence-corrected chi connectivity index (χ0v) is 13.7. The smallest absolute Gasteiger partial charge is 0.332 e. The average molecular weight is 380 g/mol. The van der Waals surface area contributed by atoms with Crippen LogP contribution in [0.1, 0.15) is 28.9 Å². The maximum Gasteiger partial charge on any atom is 0.332 e. The van der Waals surface area contributed by atoms with E-state index < -0.39 is 77.3 Å². The van der Waals surface area contributed by atoms with Crippen LogP contribution in [0.2, 0.25) is 0 Å². The number of aliphatic carboxylic acids is 1. The molecule has 0 aliphatic heterocycles. The molecule has 0 saturated carbocycles. The highest BCUT2D eigenvalue weighted by molar-refractivity contribution is 6.09. The molecule has 1 aliphatic rings. The third-order valence-electron chi connectivity index (χ3n) is 4.07. The molecule has 5 nitrogen and oxygen atoms in total. The first kappa shape index (κ1) is 11.5. The Morgan fingerprint density at radius 3 is 2.52 bits per heavy atom. The van der Waals surface area contributed by atoms with Gasteiger partial charge in [0.05, 0.1) is 16.6 Å². The Morgan fingerprint density at radius 1 is 1.19 bits per heavy atom. The lowest BCUT2D eigenvalue weighted by molar-refractivity contribution is -0.133. The number of ether oxygens (including phenoxy) is 1. The number of carboxylic acid groups (broad SMARTS) is 1. The Kier molecular flexibility index (Phi) is 3.22. The number of amides is 1. The molecule has 140 valence electrons. The molecule has 0 radical (unpaired) electrons. The van der Waals surface area contributed by atoms with Crippen molar-refractivity contribution in [2.75, 3.05) is 12.4 Å². The summed E-state index contributed by atoms with van der Waals surface area (Å²) in [5.74, 6) is -5.81. The summed E-state index contributed by atoms with van der Waals surface area (Å²) >= 11 is 0. The first-order chi connectivity index (χ1) is 15.7. The van der Waals surface area contributed by atoms with Crippen LogP contribution in [-0.4, -0.2) is 24.0 Å². The van der Waals surface area contributed by atoms with Crippen LogP contribution in [0.4, 0.5) is 14.5 Å². The van der Waals surface area contributed by atoms with Crippen LogP contribution in [0.15, 0.2) is 47.4 Å². The minimum absolute atomic E-state index is 0.110. The molecule has 0 saturated heterocycles. The summed E-state index contributed by atoms with van der Waals surface area (Å²) in [6.07, 6.45) is 0.645. The van der Waals surface area contributed by atoms with Crippen LogP contribution in [-0.2, 0) is 9.59 Å². The Balaban J connectivity index is 2.10. The number of rotatable bonds is 5. The maximum atomic E-state index is 14.9. The number of benzene rings is 2. The highest BCUT2D eigenvalue weighted by Gasteiger charge is 2.26. The fourth-order valence-electron chi connectivity index (χ4n) is 2.84. The van der Waals surface area contributed by atoms with Crippen molar-refractivity contribution >= 4 is 17.6 Å². The van der Waals surface area contributed by atoms with E-state index in [1.54, 1.807) is 0 Å². The molecule has 0 spiro atoms. The number of carbonyl (C=O) groups excluding carboxylic acids is 1. The molecular formula is C20H17F2NO4. The van der Waals surface area contributed by atoms with Crippen LogP contribution < -0.4 is 10.1 Å². The van der Waals surface area contributed by atoms with E-state index in [9.17, 15) is 18.4 Å². The van der Waals surface area contributed by atoms with Crippen LogP contribution in [0.25, 0.3) is 11.1 Å². The van der Waals surface area contributed by atoms with Gasteiger partial charge in [-0.1, -0.05) is 18.1 Å². The molecule has 2 aromatic carbocycles. The van der Waals surface area contributed by atoms with Crippen molar-refractivity contribution in [3.05, 3.63) is 59.1 Å². The lowest BCUT2D eigenvalue weighted by Gasteiger charge is -2.13. The van der Waals surface area contributed by atoms with Gasteiger partial charge in [0, 0.05) is 16.7 Å². The molecule has 0 heterocycles. The van der Waals surface area contributed by atoms with E-state index in [1.165, 1.54) is 0 Å². The topological polar surface area (TPSA) is 75.6 Å². The number of halogens is 2. The van der Waals surface area contributed by atoms with Gasteiger partial charge in [-0.3, -0.25) is 4.79 Å². The largest absolute Gasteiger partial charge is 0.496 e. The minimum Gasteiger partial charge on any atom is -0.496 e. The van der Waals surface area contributed by atoms with Gasteiger partial charge in [0.2, 0.25) is 0 Å². The lowest BCUT2D eigenvalue weighted by Crippen LogP contribution is -2.18. The summed E-state index contributed by atoms with van der Waals surface area (Å²) in [6, 6.07) is -1.97.